The molecule has 1 fully saturated rings. The van der Waals surface area contributed by atoms with Crippen molar-refractivity contribution in [3.8, 4) is 11.5 Å². The van der Waals surface area contributed by atoms with Crippen molar-refractivity contribution in [3.05, 3.63) is 64.7 Å². The maximum Gasteiger partial charge on any atom is 0.295 e. The van der Waals surface area contributed by atoms with Gasteiger partial charge in [-0.05, 0) is 36.6 Å². The second-order valence-corrected chi connectivity index (χ2v) is 8.91. The summed E-state index contributed by atoms with van der Waals surface area (Å²) in [4.78, 5) is 29.0. The minimum atomic E-state index is -0.778. The van der Waals surface area contributed by atoms with E-state index >= 15 is 0 Å². The quantitative estimate of drug-likeness (QED) is 0.326. The fourth-order valence-electron chi connectivity index (χ4n) is 4.10. The van der Waals surface area contributed by atoms with Crippen LogP contribution in [0.25, 0.3) is 5.76 Å². The molecule has 7 nitrogen and oxygen atoms in total. The first-order chi connectivity index (χ1) is 16.3. The van der Waals surface area contributed by atoms with Gasteiger partial charge in [-0.25, -0.2) is 0 Å². The lowest BCUT2D eigenvalue weighted by Gasteiger charge is -2.28. The Morgan fingerprint density at radius 2 is 1.79 bits per heavy atom. The van der Waals surface area contributed by atoms with Crippen LogP contribution in [0.3, 0.4) is 0 Å². The van der Waals surface area contributed by atoms with E-state index in [-0.39, 0.29) is 5.57 Å². The van der Waals surface area contributed by atoms with Gasteiger partial charge in [-0.3, -0.25) is 9.59 Å². The van der Waals surface area contributed by atoms with Crippen LogP contribution < -0.4 is 19.5 Å². The van der Waals surface area contributed by atoms with E-state index in [9.17, 15) is 14.7 Å². The molecule has 2 aromatic rings. The third-order valence-electron chi connectivity index (χ3n) is 5.88. The standard InChI is InChI=1S/C27H34N2O5/c1-6-16-34-21-13-12-20(17-22(21)33-5)24-23(25(30)19-10-8-18(2)9-11-19)26(31)27(32)29(24)15-7-14-28(3)4/h8-13,17,24,30H,6-7,14-16H2,1-5H3. The molecule has 0 bridgehead atoms. The lowest BCUT2D eigenvalue weighted by atomic mass is 9.94. The molecule has 1 heterocycles. The van der Waals surface area contributed by atoms with Gasteiger partial charge >= 0.3 is 0 Å². The summed E-state index contributed by atoms with van der Waals surface area (Å²) in [5.41, 5.74) is 2.02. The number of methoxy groups -OCH3 is 1. The van der Waals surface area contributed by atoms with Crippen molar-refractivity contribution in [1.82, 2.24) is 4.90 Å². The van der Waals surface area contributed by atoms with Crippen molar-refractivity contribution in [2.24, 2.45) is 0 Å². The first kappa shape index (κ1) is 25.3. The van der Waals surface area contributed by atoms with Gasteiger partial charge in [-0.2, -0.15) is 0 Å². The molecule has 1 aliphatic rings. The molecule has 1 unspecified atom stereocenters. The van der Waals surface area contributed by atoms with Gasteiger partial charge in [0, 0.05) is 18.5 Å². The van der Waals surface area contributed by atoms with Gasteiger partial charge in [0.05, 0.1) is 40.4 Å². The van der Waals surface area contributed by atoms with Gasteiger partial charge in [0.15, 0.2) is 11.5 Å². The fraction of sp³-hybridized carbons (Fsp3) is 0.407. The minimum absolute atomic E-state index is 0.0182. The Morgan fingerprint density at radius 1 is 1.09 bits per heavy atom. The molecule has 0 aliphatic carbocycles. The fourth-order valence-corrected chi connectivity index (χ4v) is 4.10. The molecular weight excluding hydrogens is 432 g/mol. The minimum Gasteiger partial charge on any atom is -0.872 e. The molecule has 34 heavy (non-hydrogen) atoms. The van der Waals surface area contributed by atoms with Crippen LogP contribution in [0.15, 0.2) is 48.0 Å². The predicted molar refractivity (Wildman–Crippen MR) is 129 cm³/mol. The van der Waals surface area contributed by atoms with Crippen molar-refractivity contribution in [2.75, 3.05) is 40.9 Å². The normalized spacial score (nSPS) is 17.5. The average Bonchev–Trinajstić information content (AvgIpc) is 3.07. The molecule has 182 valence electrons. The number of nitrogens with one attached hydrogen (secondary N) is 1. The lowest BCUT2D eigenvalue weighted by Crippen LogP contribution is -3.05. The number of nitrogens with zero attached hydrogens (tertiary/aromatic N) is 1. The zero-order valence-electron chi connectivity index (χ0n) is 20.6. The number of rotatable bonds is 10. The Balaban J connectivity index is 2.10. The third kappa shape index (κ3) is 5.42. The van der Waals surface area contributed by atoms with Gasteiger partial charge in [-0.1, -0.05) is 48.6 Å². The highest BCUT2D eigenvalue weighted by atomic mass is 16.5. The summed E-state index contributed by atoms with van der Waals surface area (Å²) in [6, 6.07) is 11.6. The van der Waals surface area contributed by atoms with Crippen LogP contribution in [0.4, 0.5) is 0 Å². The number of aryl methyl sites for hydroxylation is 1. The van der Waals surface area contributed by atoms with Crippen LogP contribution in [0.2, 0.25) is 0 Å². The Hall–Kier alpha value is -3.32. The van der Waals surface area contributed by atoms with Crippen LogP contribution >= 0.6 is 0 Å². The molecule has 1 aliphatic heterocycles. The molecular formula is C27H34N2O5. The van der Waals surface area contributed by atoms with E-state index in [0.717, 1.165) is 18.5 Å². The molecule has 1 atom stereocenters. The number of carbonyl (C=O) groups is 2. The van der Waals surface area contributed by atoms with Crippen molar-refractivity contribution >= 4 is 17.4 Å². The van der Waals surface area contributed by atoms with Crippen molar-refractivity contribution in [2.45, 2.75) is 32.7 Å². The number of Topliss-reactive ketones (excluding diaryl/α,β-unsaturated/α-hetero) is 1. The Labute approximate surface area is 201 Å². The van der Waals surface area contributed by atoms with Gasteiger partial charge in [0.1, 0.15) is 0 Å². The van der Waals surface area contributed by atoms with E-state index in [0.29, 0.717) is 42.2 Å². The zero-order valence-corrected chi connectivity index (χ0v) is 20.6. The van der Waals surface area contributed by atoms with Crippen LogP contribution in [0, 0.1) is 6.92 Å². The molecule has 0 spiro atoms. The number of benzene rings is 2. The number of likely N-dealkylation sites (tertiary alicyclic amines) is 1. The number of amides is 1. The van der Waals surface area contributed by atoms with Crippen molar-refractivity contribution in [3.63, 3.8) is 0 Å². The van der Waals surface area contributed by atoms with E-state index in [1.54, 1.807) is 37.4 Å². The molecule has 0 radical (unpaired) electrons. The molecule has 2 aromatic carbocycles. The average molecular weight is 467 g/mol. The molecule has 0 saturated carbocycles. The van der Waals surface area contributed by atoms with Gasteiger partial charge < -0.3 is 24.4 Å². The summed E-state index contributed by atoms with van der Waals surface area (Å²) in [5.74, 6) is -0.720. The number of quaternary nitrogens is 1. The SMILES string of the molecule is CCCOc1ccc(C2C(=C([O-])c3ccc(C)cc3)C(=O)C(=O)N2CCC[NH+](C)C)cc1OC. The largest absolute Gasteiger partial charge is 0.872 e. The number of carbonyl (C=O) groups excluding carboxylic acids is 2. The highest BCUT2D eigenvalue weighted by molar-refractivity contribution is 6.46. The first-order valence-electron chi connectivity index (χ1n) is 11.7. The summed E-state index contributed by atoms with van der Waals surface area (Å²) in [6.07, 6.45) is 1.56. The summed E-state index contributed by atoms with van der Waals surface area (Å²) >= 11 is 0. The third-order valence-corrected chi connectivity index (χ3v) is 5.88. The smallest absolute Gasteiger partial charge is 0.295 e. The second-order valence-electron chi connectivity index (χ2n) is 8.91. The Bertz CT molecular complexity index is 1060. The Kier molecular flexibility index (Phi) is 8.34. The van der Waals surface area contributed by atoms with Gasteiger partial charge in [0.2, 0.25) is 5.78 Å². The monoisotopic (exact) mass is 466 g/mol. The highest BCUT2D eigenvalue weighted by Crippen LogP contribution is 2.41. The first-order valence-corrected chi connectivity index (χ1v) is 11.7. The van der Waals surface area contributed by atoms with Gasteiger partial charge in [-0.15, -0.1) is 0 Å². The van der Waals surface area contributed by atoms with Crippen LogP contribution in [-0.2, 0) is 9.59 Å². The van der Waals surface area contributed by atoms with Crippen LogP contribution in [0.1, 0.15) is 42.5 Å². The van der Waals surface area contributed by atoms with E-state index in [1.165, 1.54) is 9.80 Å². The number of hydrogen-bond donors (Lipinski definition) is 1. The topological polar surface area (TPSA) is 83.3 Å². The molecule has 1 saturated heterocycles. The van der Waals surface area contributed by atoms with E-state index < -0.39 is 23.5 Å². The maximum atomic E-state index is 13.5. The molecule has 0 aromatic heterocycles. The number of hydrogen-bond acceptors (Lipinski definition) is 5. The zero-order chi connectivity index (χ0) is 24.8. The summed E-state index contributed by atoms with van der Waals surface area (Å²) in [6.45, 7) is 5.69. The molecule has 7 heteroatoms. The van der Waals surface area contributed by atoms with E-state index in [2.05, 4.69) is 0 Å². The van der Waals surface area contributed by atoms with Crippen molar-refractivity contribution in [1.29, 1.82) is 0 Å². The summed E-state index contributed by atoms with van der Waals surface area (Å²) in [7, 11) is 5.61. The maximum absolute atomic E-state index is 13.5. The predicted octanol–water partition coefficient (Wildman–Crippen LogP) is 1.55. The summed E-state index contributed by atoms with van der Waals surface area (Å²) < 4.78 is 11.3. The van der Waals surface area contributed by atoms with Crippen molar-refractivity contribution < 1.29 is 29.1 Å². The highest BCUT2D eigenvalue weighted by Gasteiger charge is 2.44. The molecule has 1 N–H and O–H groups in total. The molecule has 1 amide bonds. The Morgan fingerprint density at radius 3 is 2.41 bits per heavy atom. The van der Waals surface area contributed by atoms with Gasteiger partial charge in [0.25, 0.3) is 5.91 Å². The van der Waals surface area contributed by atoms with E-state index in [1.807, 2.05) is 40.1 Å². The number of ether oxygens (including phenoxy) is 2. The molecule has 3 rings (SSSR count). The van der Waals surface area contributed by atoms with E-state index in [4.69, 9.17) is 9.47 Å². The van der Waals surface area contributed by atoms with Crippen LogP contribution in [-0.4, -0.2) is 57.5 Å². The summed E-state index contributed by atoms with van der Waals surface area (Å²) in [5, 5.41) is 13.5. The second kappa shape index (κ2) is 11.2. The van der Waals surface area contributed by atoms with Crippen LogP contribution in [0.5, 0.6) is 11.5 Å². The number of ketones is 1. The lowest BCUT2D eigenvalue weighted by molar-refractivity contribution is -0.858.